The average molecular weight is 350 g/mol. The number of rotatable bonds is 8. The van der Waals surface area contributed by atoms with Crippen molar-refractivity contribution in [3.63, 3.8) is 0 Å². The Labute approximate surface area is 147 Å². The predicted molar refractivity (Wildman–Crippen MR) is 91.6 cm³/mol. The number of carbonyl (C=O) groups is 1. The van der Waals surface area contributed by atoms with Crippen molar-refractivity contribution in [2.24, 2.45) is 11.8 Å². The van der Waals surface area contributed by atoms with Crippen LogP contribution in [-0.4, -0.2) is 60.0 Å². The number of aliphatic carboxylic acids is 1. The summed E-state index contributed by atoms with van der Waals surface area (Å²) in [7, 11) is 0. The van der Waals surface area contributed by atoms with E-state index in [4.69, 9.17) is 9.84 Å². The van der Waals surface area contributed by atoms with Crippen LogP contribution in [0.5, 0.6) is 5.75 Å². The molecule has 3 rings (SSSR count). The molecule has 8 heteroatoms. The lowest BCUT2D eigenvalue weighted by molar-refractivity contribution is -0.138. The number of para-hydroxylation sites is 1. The number of ether oxygens (including phenoxy) is 1. The van der Waals surface area contributed by atoms with Crippen LogP contribution in [0.2, 0.25) is 0 Å². The van der Waals surface area contributed by atoms with E-state index in [2.05, 4.69) is 21.3 Å². The maximum Gasteiger partial charge on any atom is 0.303 e. The molecule has 1 unspecified atom stereocenters. The summed E-state index contributed by atoms with van der Waals surface area (Å²) in [6.45, 7) is 3.34. The molecule has 0 bridgehead atoms. The van der Waals surface area contributed by atoms with Gasteiger partial charge in [-0.05, 0) is 17.9 Å². The first kappa shape index (κ1) is 18.1. The summed E-state index contributed by atoms with van der Waals surface area (Å²) in [5.74, 6) is 0.408. The molecule has 2 fully saturated rings. The minimum absolute atomic E-state index is 0.0197. The summed E-state index contributed by atoms with van der Waals surface area (Å²) < 4.78 is 5.61. The highest BCUT2D eigenvalue weighted by molar-refractivity contribution is 5.67. The number of aliphatic hydroxyl groups is 1. The monoisotopic (exact) mass is 350 g/mol. The maximum absolute atomic E-state index is 11.2. The molecule has 0 aliphatic carbocycles. The normalized spacial score (nSPS) is 26.8. The average Bonchev–Trinajstić information content (AvgIpc) is 3.23. The molecule has 138 valence electrons. The number of likely N-dealkylation sites (tertiary alicyclic amines) is 1. The molecular weight excluding hydrogens is 324 g/mol. The summed E-state index contributed by atoms with van der Waals surface area (Å²) in [4.78, 5) is 13.5. The molecule has 0 aromatic heterocycles. The summed E-state index contributed by atoms with van der Waals surface area (Å²) in [5.41, 5.74) is 10.2. The van der Waals surface area contributed by atoms with Gasteiger partial charge >= 0.3 is 5.97 Å². The van der Waals surface area contributed by atoms with Crippen LogP contribution in [0, 0.1) is 11.8 Å². The number of benzene rings is 1. The number of carboxylic acids is 1. The van der Waals surface area contributed by atoms with Gasteiger partial charge in [-0.3, -0.25) is 9.69 Å². The van der Waals surface area contributed by atoms with Gasteiger partial charge in [-0.25, -0.2) is 10.9 Å². The lowest BCUT2D eigenvalue weighted by atomic mass is 9.87. The summed E-state index contributed by atoms with van der Waals surface area (Å²) >= 11 is 0. The lowest BCUT2D eigenvalue weighted by Gasteiger charge is -2.22. The molecule has 2 heterocycles. The zero-order valence-corrected chi connectivity index (χ0v) is 14.1. The van der Waals surface area contributed by atoms with Crippen molar-refractivity contribution in [3.05, 3.63) is 29.8 Å². The molecular formula is C17H26N4O4. The molecule has 2 saturated heterocycles. The van der Waals surface area contributed by atoms with Crippen molar-refractivity contribution in [3.8, 4) is 5.75 Å². The van der Waals surface area contributed by atoms with Crippen LogP contribution in [0.15, 0.2) is 24.3 Å². The predicted octanol–water partition coefficient (Wildman–Crippen LogP) is -0.439. The third-order valence-corrected chi connectivity index (χ3v) is 4.90. The summed E-state index contributed by atoms with van der Waals surface area (Å²) in [6, 6.07) is 8.02. The summed E-state index contributed by atoms with van der Waals surface area (Å²) in [5, 5.41) is 18.2. The zero-order chi connectivity index (χ0) is 17.6. The molecule has 5 N–H and O–H groups in total. The van der Waals surface area contributed by atoms with Crippen LogP contribution in [0.25, 0.3) is 0 Å². The van der Waals surface area contributed by atoms with Crippen LogP contribution in [-0.2, 0) is 11.3 Å². The standard InChI is InChI=1S/C17H26N4O4/c22-5-6-25-16-4-2-1-3-12(16)9-21-10-13(7-17(23)24)14(11-21)15-8-18-20-19-15/h1-4,13-15,18-20,22H,5-11H2,(H,23,24)/t13-,14+,15?/m1/s1. The fourth-order valence-electron chi connectivity index (χ4n) is 3.80. The van der Waals surface area contributed by atoms with Crippen LogP contribution in [0.4, 0.5) is 0 Å². The Morgan fingerprint density at radius 2 is 2.16 bits per heavy atom. The molecule has 25 heavy (non-hydrogen) atoms. The largest absolute Gasteiger partial charge is 0.491 e. The Morgan fingerprint density at radius 1 is 1.32 bits per heavy atom. The Balaban J connectivity index is 1.67. The number of carboxylic acid groups (broad SMARTS) is 1. The number of aliphatic hydroxyl groups excluding tert-OH is 1. The molecule has 2 aliphatic rings. The van der Waals surface area contributed by atoms with Gasteiger partial charge in [-0.2, -0.15) is 5.53 Å². The highest BCUT2D eigenvalue weighted by Crippen LogP contribution is 2.31. The smallest absolute Gasteiger partial charge is 0.303 e. The van der Waals surface area contributed by atoms with Gasteiger partial charge in [0.15, 0.2) is 0 Å². The van der Waals surface area contributed by atoms with E-state index >= 15 is 0 Å². The summed E-state index contributed by atoms with van der Waals surface area (Å²) in [6.07, 6.45) is 0.183. The molecule has 1 aromatic carbocycles. The molecule has 0 spiro atoms. The molecule has 3 atom stereocenters. The van der Waals surface area contributed by atoms with E-state index in [0.29, 0.717) is 6.54 Å². The lowest BCUT2D eigenvalue weighted by Crippen LogP contribution is -2.41. The molecule has 0 radical (unpaired) electrons. The van der Waals surface area contributed by atoms with Crippen molar-refractivity contribution in [2.75, 3.05) is 32.8 Å². The SMILES string of the molecule is O=C(O)C[C@@H]1CN(Cc2ccccc2OCCO)C[C@@H]1C1CNNN1. The number of hydrogen-bond acceptors (Lipinski definition) is 7. The molecule has 0 saturated carbocycles. The fraction of sp³-hybridized carbons (Fsp3) is 0.588. The highest BCUT2D eigenvalue weighted by Gasteiger charge is 2.40. The van der Waals surface area contributed by atoms with E-state index < -0.39 is 5.97 Å². The van der Waals surface area contributed by atoms with Gasteiger partial charge < -0.3 is 14.9 Å². The van der Waals surface area contributed by atoms with E-state index in [9.17, 15) is 9.90 Å². The first-order valence-electron chi connectivity index (χ1n) is 8.66. The Morgan fingerprint density at radius 3 is 2.88 bits per heavy atom. The van der Waals surface area contributed by atoms with Crippen molar-refractivity contribution in [2.45, 2.75) is 19.0 Å². The van der Waals surface area contributed by atoms with Gasteiger partial charge in [0.1, 0.15) is 12.4 Å². The third kappa shape index (κ3) is 4.68. The van der Waals surface area contributed by atoms with Gasteiger partial charge in [-0.1, -0.05) is 18.2 Å². The topological polar surface area (TPSA) is 106 Å². The Hall–Kier alpha value is -1.71. The minimum atomic E-state index is -0.748. The number of nitrogens with one attached hydrogen (secondary N) is 3. The van der Waals surface area contributed by atoms with Crippen molar-refractivity contribution >= 4 is 5.97 Å². The molecule has 1 aromatic rings. The number of nitrogens with zero attached hydrogens (tertiary/aromatic N) is 1. The van der Waals surface area contributed by atoms with Crippen LogP contribution < -0.4 is 21.1 Å². The first-order chi connectivity index (χ1) is 12.2. The second-order valence-corrected chi connectivity index (χ2v) is 6.65. The Bertz CT molecular complexity index is 580. The van der Waals surface area contributed by atoms with E-state index in [1.807, 2.05) is 24.3 Å². The van der Waals surface area contributed by atoms with E-state index in [1.165, 1.54) is 0 Å². The first-order valence-corrected chi connectivity index (χ1v) is 8.66. The molecule has 8 nitrogen and oxygen atoms in total. The van der Waals surface area contributed by atoms with Gasteiger partial charge in [0.05, 0.1) is 6.61 Å². The third-order valence-electron chi connectivity index (χ3n) is 4.90. The van der Waals surface area contributed by atoms with Crippen LogP contribution in [0.3, 0.4) is 0 Å². The number of hydrazine groups is 2. The second-order valence-electron chi connectivity index (χ2n) is 6.65. The van der Waals surface area contributed by atoms with Gasteiger partial charge in [0, 0.05) is 44.2 Å². The Kier molecular flexibility index (Phi) is 6.22. The van der Waals surface area contributed by atoms with Crippen molar-refractivity contribution in [1.82, 2.24) is 21.3 Å². The molecule has 2 aliphatic heterocycles. The quantitative estimate of drug-likeness (QED) is 0.430. The van der Waals surface area contributed by atoms with Gasteiger partial charge in [0.25, 0.3) is 0 Å². The van der Waals surface area contributed by atoms with Crippen molar-refractivity contribution in [1.29, 1.82) is 0 Å². The zero-order valence-electron chi connectivity index (χ0n) is 14.1. The van der Waals surface area contributed by atoms with Gasteiger partial charge in [-0.15, -0.1) is 0 Å². The van der Waals surface area contributed by atoms with Crippen LogP contribution in [0.1, 0.15) is 12.0 Å². The second kappa shape index (κ2) is 8.59. The van der Waals surface area contributed by atoms with Crippen LogP contribution >= 0.6 is 0 Å². The van der Waals surface area contributed by atoms with E-state index in [1.54, 1.807) is 0 Å². The van der Waals surface area contributed by atoms with Gasteiger partial charge in [0.2, 0.25) is 0 Å². The highest BCUT2D eigenvalue weighted by atomic mass is 16.5. The number of hydrogen-bond donors (Lipinski definition) is 5. The van der Waals surface area contributed by atoms with Crippen molar-refractivity contribution < 1.29 is 19.7 Å². The maximum atomic E-state index is 11.2. The van der Waals surface area contributed by atoms with E-state index in [0.717, 1.165) is 30.9 Å². The fourth-order valence-corrected chi connectivity index (χ4v) is 3.80. The minimum Gasteiger partial charge on any atom is -0.491 e. The van der Waals surface area contributed by atoms with E-state index in [-0.39, 0.29) is 37.5 Å². The molecule has 0 amide bonds.